The van der Waals surface area contributed by atoms with Gasteiger partial charge < -0.3 is 15.2 Å². The minimum atomic E-state index is -0.0620. The normalized spacial score (nSPS) is 10.4. The summed E-state index contributed by atoms with van der Waals surface area (Å²) in [5, 5.41) is 0.512. The summed E-state index contributed by atoms with van der Waals surface area (Å²) < 4.78 is 10.2. The van der Waals surface area contributed by atoms with E-state index in [4.69, 9.17) is 26.8 Å². The van der Waals surface area contributed by atoms with Crippen molar-refractivity contribution in [2.24, 2.45) is 5.73 Å². The van der Waals surface area contributed by atoms with E-state index in [1.165, 1.54) is 7.11 Å². The molecule has 0 amide bonds. The predicted molar refractivity (Wildman–Crippen MR) is 66.7 cm³/mol. The molecule has 5 heteroatoms. The van der Waals surface area contributed by atoms with Gasteiger partial charge in [-0.2, -0.15) is 0 Å². The van der Waals surface area contributed by atoms with Gasteiger partial charge in [-0.15, -0.1) is 0 Å². The monoisotopic (exact) mass is 257 g/mol. The summed E-state index contributed by atoms with van der Waals surface area (Å²) in [7, 11) is 3.06. The molecule has 0 saturated heterocycles. The molecule has 94 valence electrons. The molecule has 4 nitrogen and oxygen atoms in total. The van der Waals surface area contributed by atoms with Crippen LogP contribution >= 0.6 is 11.6 Å². The molecule has 0 bridgehead atoms. The number of carbonyl (C=O) groups excluding carboxylic acids is 1. The van der Waals surface area contributed by atoms with Gasteiger partial charge in [0, 0.05) is 18.6 Å². The van der Waals surface area contributed by atoms with Gasteiger partial charge in [0.05, 0.1) is 19.3 Å². The van der Waals surface area contributed by atoms with Crippen molar-refractivity contribution in [2.75, 3.05) is 20.8 Å². The third-order valence-electron chi connectivity index (χ3n) is 2.32. The Labute approximate surface area is 106 Å². The van der Waals surface area contributed by atoms with Crippen molar-refractivity contribution in [3.05, 3.63) is 28.3 Å². The number of carbonyl (C=O) groups is 1. The lowest BCUT2D eigenvalue weighted by atomic mass is 10.0. The third kappa shape index (κ3) is 3.43. The first-order valence-electron chi connectivity index (χ1n) is 5.22. The van der Waals surface area contributed by atoms with Gasteiger partial charge in [-0.05, 0) is 24.2 Å². The molecule has 0 spiro atoms. The van der Waals surface area contributed by atoms with Crippen LogP contribution in [0.3, 0.4) is 0 Å². The van der Waals surface area contributed by atoms with E-state index in [0.717, 1.165) is 5.56 Å². The second kappa shape index (κ2) is 6.59. The maximum absolute atomic E-state index is 12.0. The van der Waals surface area contributed by atoms with Crippen LogP contribution in [0.2, 0.25) is 5.02 Å². The van der Waals surface area contributed by atoms with Crippen LogP contribution in [-0.4, -0.2) is 26.5 Å². The molecule has 1 aromatic carbocycles. The van der Waals surface area contributed by atoms with Crippen molar-refractivity contribution >= 4 is 17.4 Å². The van der Waals surface area contributed by atoms with Crippen molar-refractivity contribution in [1.82, 2.24) is 0 Å². The van der Waals surface area contributed by atoms with Crippen molar-refractivity contribution in [1.29, 1.82) is 0 Å². The zero-order valence-corrected chi connectivity index (χ0v) is 10.7. The summed E-state index contributed by atoms with van der Waals surface area (Å²) in [4.78, 5) is 12.0. The Bertz CT molecular complexity index is 407. The maximum atomic E-state index is 12.0. The predicted octanol–water partition coefficient (Wildman–Crippen LogP) is 2.03. The van der Waals surface area contributed by atoms with E-state index in [1.54, 1.807) is 19.2 Å². The smallest absolute Gasteiger partial charge is 0.168 e. The highest BCUT2D eigenvalue weighted by Crippen LogP contribution is 2.29. The second-order valence-electron chi connectivity index (χ2n) is 3.54. The molecule has 0 unspecified atom stereocenters. The Morgan fingerprint density at radius 1 is 1.41 bits per heavy atom. The maximum Gasteiger partial charge on any atom is 0.168 e. The quantitative estimate of drug-likeness (QED) is 0.792. The minimum Gasteiger partial charge on any atom is -0.496 e. The van der Waals surface area contributed by atoms with Crippen molar-refractivity contribution < 1.29 is 14.3 Å². The number of ether oxygens (including phenoxy) is 2. The molecule has 1 aromatic rings. The summed E-state index contributed by atoms with van der Waals surface area (Å²) in [6.07, 6.45) is 0.273. The van der Waals surface area contributed by atoms with Gasteiger partial charge in [-0.25, -0.2) is 0 Å². The van der Waals surface area contributed by atoms with Crippen LogP contribution in [0.5, 0.6) is 5.75 Å². The number of rotatable bonds is 6. The fraction of sp³-hybridized carbons (Fsp3) is 0.417. The van der Waals surface area contributed by atoms with E-state index in [-0.39, 0.29) is 12.2 Å². The Morgan fingerprint density at radius 2 is 2.12 bits per heavy atom. The topological polar surface area (TPSA) is 61.5 Å². The fourth-order valence-corrected chi connectivity index (χ4v) is 1.87. The van der Waals surface area contributed by atoms with Crippen LogP contribution in [0.25, 0.3) is 0 Å². The second-order valence-corrected chi connectivity index (χ2v) is 3.97. The van der Waals surface area contributed by atoms with Gasteiger partial charge >= 0.3 is 0 Å². The molecular formula is C12H16ClNO3. The first-order valence-corrected chi connectivity index (χ1v) is 5.60. The Kier molecular flexibility index (Phi) is 5.41. The lowest BCUT2D eigenvalue weighted by Crippen LogP contribution is -2.12. The van der Waals surface area contributed by atoms with Gasteiger partial charge in [0.1, 0.15) is 5.75 Å². The average molecular weight is 258 g/mol. The summed E-state index contributed by atoms with van der Waals surface area (Å²) in [6.45, 7) is 0.611. The van der Waals surface area contributed by atoms with Gasteiger partial charge in [0.2, 0.25) is 0 Å². The highest BCUT2D eigenvalue weighted by Gasteiger charge is 2.17. The van der Waals surface area contributed by atoms with Gasteiger partial charge in [0.15, 0.2) is 5.78 Å². The standard InChI is InChI=1S/C12H16ClNO3/c1-16-7-8-5-9(13)6-11(17-2)12(8)10(15)3-4-14/h5-6H,3-4,7,14H2,1-2H3. The largest absolute Gasteiger partial charge is 0.496 e. The molecule has 0 saturated carbocycles. The van der Waals surface area contributed by atoms with Crippen molar-refractivity contribution in [3.8, 4) is 5.75 Å². The molecule has 0 aliphatic carbocycles. The molecule has 1 rings (SSSR count). The van der Waals surface area contributed by atoms with E-state index in [9.17, 15) is 4.79 Å². The Hall–Kier alpha value is -1.10. The molecular weight excluding hydrogens is 242 g/mol. The average Bonchev–Trinajstić information content (AvgIpc) is 2.28. The summed E-state index contributed by atoms with van der Waals surface area (Å²) in [5.41, 5.74) is 6.62. The highest BCUT2D eigenvalue weighted by atomic mass is 35.5. The molecule has 0 radical (unpaired) electrons. The molecule has 0 aliphatic heterocycles. The third-order valence-corrected chi connectivity index (χ3v) is 2.54. The van der Waals surface area contributed by atoms with Gasteiger partial charge in [-0.3, -0.25) is 4.79 Å². The van der Waals surface area contributed by atoms with E-state index in [2.05, 4.69) is 0 Å². The first kappa shape index (κ1) is 14.0. The zero-order valence-electron chi connectivity index (χ0n) is 9.96. The Morgan fingerprint density at radius 3 is 2.65 bits per heavy atom. The van der Waals surface area contributed by atoms with E-state index in [1.807, 2.05) is 0 Å². The number of benzene rings is 1. The number of methoxy groups -OCH3 is 2. The van der Waals surface area contributed by atoms with Crippen molar-refractivity contribution in [3.63, 3.8) is 0 Å². The van der Waals surface area contributed by atoms with Crippen LogP contribution < -0.4 is 10.5 Å². The van der Waals surface area contributed by atoms with Crippen LogP contribution in [0.4, 0.5) is 0 Å². The molecule has 0 aliphatic rings. The number of nitrogens with two attached hydrogens (primary N) is 1. The Balaban J connectivity index is 3.25. The molecule has 0 atom stereocenters. The number of halogens is 1. The zero-order chi connectivity index (χ0) is 12.8. The van der Waals surface area contributed by atoms with Crippen LogP contribution in [0.1, 0.15) is 22.3 Å². The SMILES string of the molecule is COCc1cc(Cl)cc(OC)c1C(=O)CCN. The number of ketones is 1. The van der Waals surface area contributed by atoms with Crippen LogP contribution in [0.15, 0.2) is 12.1 Å². The van der Waals surface area contributed by atoms with Crippen LogP contribution in [-0.2, 0) is 11.3 Å². The first-order chi connectivity index (χ1) is 8.13. The number of hydrogen-bond acceptors (Lipinski definition) is 4. The highest BCUT2D eigenvalue weighted by molar-refractivity contribution is 6.31. The number of Topliss-reactive ketones (excluding diaryl/α,β-unsaturated/α-hetero) is 1. The van der Waals surface area contributed by atoms with E-state index < -0.39 is 0 Å². The van der Waals surface area contributed by atoms with E-state index in [0.29, 0.717) is 29.5 Å². The van der Waals surface area contributed by atoms with E-state index >= 15 is 0 Å². The van der Waals surface area contributed by atoms with Gasteiger partial charge in [0.25, 0.3) is 0 Å². The lowest BCUT2D eigenvalue weighted by Gasteiger charge is -2.13. The summed E-state index contributed by atoms with van der Waals surface area (Å²) in [5.74, 6) is 0.399. The number of hydrogen-bond donors (Lipinski definition) is 1. The molecule has 2 N–H and O–H groups in total. The van der Waals surface area contributed by atoms with Crippen molar-refractivity contribution in [2.45, 2.75) is 13.0 Å². The molecule has 0 aromatic heterocycles. The molecule has 17 heavy (non-hydrogen) atoms. The lowest BCUT2D eigenvalue weighted by molar-refractivity contribution is 0.0977. The molecule has 0 fully saturated rings. The molecule has 0 heterocycles. The van der Waals surface area contributed by atoms with Crippen LogP contribution in [0, 0.1) is 0 Å². The summed E-state index contributed by atoms with van der Waals surface area (Å²) >= 11 is 5.95. The summed E-state index contributed by atoms with van der Waals surface area (Å²) in [6, 6.07) is 3.32. The fourth-order valence-electron chi connectivity index (χ4n) is 1.64. The minimum absolute atomic E-state index is 0.0620. The van der Waals surface area contributed by atoms with Gasteiger partial charge in [-0.1, -0.05) is 11.6 Å².